The van der Waals surface area contributed by atoms with Crippen LogP contribution in [0.2, 0.25) is 5.02 Å². The number of benzene rings is 2. The van der Waals surface area contributed by atoms with Gasteiger partial charge in [-0.25, -0.2) is 17.6 Å². The Morgan fingerprint density at radius 2 is 1.94 bits per heavy atom. The summed E-state index contributed by atoms with van der Waals surface area (Å²) < 4.78 is 47.6. The van der Waals surface area contributed by atoms with E-state index >= 15 is 0 Å². The number of hydrogen-bond acceptors (Lipinski definition) is 5. The Balaban J connectivity index is 2.13. The maximum atomic E-state index is 13.6. The van der Waals surface area contributed by atoms with E-state index in [4.69, 9.17) is 21.4 Å². The van der Waals surface area contributed by atoms with Gasteiger partial charge in [-0.05, 0) is 50.2 Å². The van der Waals surface area contributed by atoms with Gasteiger partial charge in [0.2, 0.25) is 5.91 Å². The molecule has 0 aromatic heterocycles. The van der Waals surface area contributed by atoms with Crippen LogP contribution < -0.4 is 19.7 Å². The number of hydrogen-bond donors (Lipinski definition) is 3. The monoisotopic (exact) mass is 485 g/mol. The predicted molar refractivity (Wildman–Crippen MR) is 116 cm³/mol. The van der Waals surface area contributed by atoms with Crippen LogP contribution in [0.5, 0.6) is 5.75 Å². The Bertz CT molecular complexity index is 1190. The molecule has 12 heteroatoms. The third kappa shape index (κ3) is 4.73. The number of fused-ring (bicyclic) bond motifs is 1. The summed E-state index contributed by atoms with van der Waals surface area (Å²) in [5, 5.41) is 13.5. The minimum atomic E-state index is -4.27. The van der Waals surface area contributed by atoms with E-state index in [0.717, 1.165) is 22.5 Å². The van der Waals surface area contributed by atoms with E-state index in [2.05, 4.69) is 10.6 Å². The second-order valence-corrected chi connectivity index (χ2v) is 10.0. The fourth-order valence-electron chi connectivity index (χ4n) is 3.35. The number of carboxylic acid groups (broad SMARTS) is 1. The SMILES string of the molecule is CC(=O)NC(C)(C)C1CN(S(=O)(=O)c2ccc(F)c(Cl)c2)c2cc(NC(=O)O)ccc2O1. The van der Waals surface area contributed by atoms with Crippen molar-refractivity contribution in [1.82, 2.24) is 5.32 Å². The molecule has 0 saturated carbocycles. The number of halogens is 2. The minimum Gasteiger partial charge on any atom is -0.484 e. The maximum Gasteiger partial charge on any atom is 0.409 e. The number of carbonyl (C=O) groups is 2. The summed E-state index contributed by atoms with van der Waals surface area (Å²) in [5.74, 6) is -0.942. The zero-order valence-corrected chi connectivity index (χ0v) is 18.9. The molecule has 0 spiro atoms. The van der Waals surface area contributed by atoms with Crippen molar-refractivity contribution in [3.8, 4) is 5.75 Å². The van der Waals surface area contributed by atoms with Crippen LogP contribution in [0.15, 0.2) is 41.3 Å². The van der Waals surface area contributed by atoms with Crippen molar-refractivity contribution in [2.45, 2.75) is 37.3 Å². The molecule has 2 aromatic carbocycles. The van der Waals surface area contributed by atoms with E-state index in [9.17, 15) is 22.4 Å². The third-order valence-electron chi connectivity index (χ3n) is 4.86. The molecule has 32 heavy (non-hydrogen) atoms. The first kappa shape index (κ1) is 23.6. The van der Waals surface area contributed by atoms with E-state index < -0.39 is 33.6 Å². The third-order valence-corrected chi connectivity index (χ3v) is 6.93. The smallest absolute Gasteiger partial charge is 0.409 e. The molecule has 1 heterocycles. The highest BCUT2D eigenvalue weighted by molar-refractivity contribution is 7.92. The average molecular weight is 486 g/mol. The van der Waals surface area contributed by atoms with Gasteiger partial charge in [0.15, 0.2) is 0 Å². The Hall–Kier alpha value is -3.05. The first-order valence-corrected chi connectivity index (χ1v) is 11.2. The van der Waals surface area contributed by atoms with Gasteiger partial charge in [-0.3, -0.25) is 14.4 Å². The number of sulfonamides is 1. The lowest BCUT2D eigenvalue weighted by Gasteiger charge is -2.42. The molecule has 2 aromatic rings. The van der Waals surface area contributed by atoms with Crippen molar-refractivity contribution in [2.75, 3.05) is 16.2 Å². The second-order valence-electron chi connectivity index (χ2n) is 7.73. The molecule has 3 rings (SSSR count). The summed E-state index contributed by atoms with van der Waals surface area (Å²) >= 11 is 5.79. The highest BCUT2D eigenvalue weighted by atomic mass is 35.5. The number of carbonyl (C=O) groups excluding carboxylic acids is 1. The fourth-order valence-corrected chi connectivity index (χ4v) is 5.09. The van der Waals surface area contributed by atoms with Gasteiger partial charge in [0.05, 0.1) is 27.7 Å². The first-order valence-electron chi connectivity index (χ1n) is 9.38. The van der Waals surface area contributed by atoms with Gasteiger partial charge in [0, 0.05) is 12.6 Å². The highest BCUT2D eigenvalue weighted by Crippen LogP contribution is 2.41. The van der Waals surface area contributed by atoms with Crippen LogP contribution in [0, 0.1) is 5.82 Å². The average Bonchev–Trinajstić information content (AvgIpc) is 2.67. The zero-order chi connectivity index (χ0) is 23.8. The number of anilines is 2. The normalized spacial score (nSPS) is 16.0. The van der Waals surface area contributed by atoms with E-state index in [-0.39, 0.29) is 39.5 Å². The van der Waals surface area contributed by atoms with Crippen molar-refractivity contribution in [1.29, 1.82) is 0 Å². The Labute approximate surface area is 189 Å². The number of amides is 2. The van der Waals surface area contributed by atoms with Crippen molar-refractivity contribution < 1.29 is 32.2 Å². The van der Waals surface area contributed by atoms with Crippen molar-refractivity contribution in [3.63, 3.8) is 0 Å². The van der Waals surface area contributed by atoms with Gasteiger partial charge in [0.25, 0.3) is 10.0 Å². The lowest BCUT2D eigenvalue weighted by molar-refractivity contribution is -0.121. The van der Waals surface area contributed by atoms with E-state index in [1.54, 1.807) is 13.8 Å². The molecule has 2 amide bonds. The second kappa shape index (κ2) is 8.47. The van der Waals surface area contributed by atoms with E-state index in [0.29, 0.717) is 0 Å². The fraction of sp³-hybridized carbons (Fsp3) is 0.300. The summed E-state index contributed by atoms with van der Waals surface area (Å²) in [6, 6.07) is 7.18. The lowest BCUT2D eigenvalue weighted by atomic mass is 9.95. The number of ether oxygens (including phenoxy) is 1. The van der Waals surface area contributed by atoms with Gasteiger partial charge >= 0.3 is 6.09 Å². The standard InChI is InChI=1S/C20H21ClFN3O6S/c1-11(26)24-20(2,3)18-10-25(32(29,30)13-5-6-15(22)14(21)9-13)16-8-12(23-19(27)28)4-7-17(16)31-18/h4-9,18,23H,10H2,1-3H3,(H,24,26)(H,27,28). The maximum absolute atomic E-state index is 13.6. The summed E-state index contributed by atoms with van der Waals surface area (Å²) in [4.78, 5) is 22.4. The molecule has 0 radical (unpaired) electrons. The molecule has 3 N–H and O–H groups in total. The lowest BCUT2D eigenvalue weighted by Crippen LogP contribution is -2.60. The molecule has 1 aliphatic heterocycles. The summed E-state index contributed by atoms with van der Waals surface area (Å²) in [7, 11) is -4.27. The summed E-state index contributed by atoms with van der Waals surface area (Å²) in [6.45, 7) is 4.49. The molecular weight excluding hydrogens is 465 g/mol. The van der Waals surface area contributed by atoms with Crippen LogP contribution in [0.4, 0.5) is 20.6 Å². The van der Waals surface area contributed by atoms with E-state index in [1.807, 2.05) is 0 Å². The molecule has 172 valence electrons. The number of nitrogens with zero attached hydrogens (tertiary/aromatic N) is 1. The molecule has 1 atom stereocenters. The molecule has 0 fully saturated rings. The summed E-state index contributed by atoms with van der Waals surface area (Å²) in [6.07, 6.45) is -2.13. The minimum absolute atomic E-state index is 0.0755. The molecule has 0 aliphatic carbocycles. The van der Waals surface area contributed by atoms with Gasteiger partial charge in [0.1, 0.15) is 17.7 Å². The molecule has 0 bridgehead atoms. The Morgan fingerprint density at radius 3 is 2.53 bits per heavy atom. The number of rotatable bonds is 5. The van der Waals surface area contributed by atoms with E-state index in [1.165, 1.54) is 25.1 Å². The summed E-state index contributed by atoms with van der Waals surface area (Å²) in [5.41, 5.74) is -0.765. The molecule has 0 saturated heterocycles. The number of nitrogens with one attached hydrogen (secondary N) is 2. The Morgan fingerprint density at radius 1 is 1.25 bits per heavy atom. The van der Waals surface area contributed by atoms with Crippen LogP contribution in [-0.2, 0) is 14.8 Å². The van der Waals surface area contributed by atoms with Crippen molar-refractivity contribution in [3.05, 3.63) is 47.2 Å². The molecule has 1 aliphatic rings. The van der Waals surface area contributed by atoms with Crippen LogP contribution in [-0.4, -0.2) is 43.7 Å². The van der Waals surface area contributed by atoms with Gasteiger partial charge < -0.3 is 15.2 Å². The molecular formula is C20H21ClFN3O6S. The molecule has 1 unspecified atom stereocenters. The zero-order valence-electron chi connectivity index (χ0n) is 17.3. The highest BCUT2D eigenvalue weighted by Gasteiger charge is 2.42. The quantitative estimate of drug-likeness (QED) is 0.595. The largest absolute Gasteiger partial charge is 0.484 e. The van der Waals surface area contributed by atoms with Crippen molar-refractivity contribution in [2.24, 2.45) is 0 Å². The van der Waals surface area contributed by atoms with Crippen LogP contribution in [0.3, 0.4) is 0 Å². The first-order chi connectivity index (χ1) is 14.8. The van der Waals surface area contributed by atoms with Crippen LogP contribution in [0.1, 0.15) is 20.8 Å². The van der Waals surface area contributed by atoms with Crippen LogP contribution in [0.25, 0.3) is 0 Å². The Kier molecular flexibility index (Phi) is 6.25. The van der Waals surface area contributed by atoms with Crippen LogP contribution >= 0.6 is 11.6 Å². The van der Waals surface area contributed by atoms with Gasteiger partial charge in [-0.2, -0.15) is 0 Å². The predicted octanol–water partition coefficient (Wildman–Crippen LogP) is 3.44. The van der Waals surface area contributed by atoms with Gasteiger partial charge in [-0.1, -0.05) is 11.6 Å². The molecule has 9 nitrogen and oxygen atoms in total. The topological polar surface area (TPSA) is 125 Å². The van der Waals surface area contributed by atoms with Gasteiger partial charge in [-0.15, -0.1) is 0 Å². The van der Waals surface area contributed by atoms with Crippen molar-refractivity contribution >= 4 is 45.0 Å².